The summed E-state index contributed by atoms with van der Waals surface area (Å²) in [7, 11) is 1.70. The number of nitrogens with zero attached hydrogens (tertiary/aromatic N) is 4. The normalized spacial score (nSPS) is 30.6. The molecule has 0 radical (unpaired) electrons. The van der Waals surface area contributed by atoms with Gasteiger partial charge in [0.1, 0.15) is 0 Å². The summed E-state index contributed by atoms with van der Waals surface area (Å²) in [5.41, 5.74) is 0. The molecule has 100 valence electrons. The smallest absolute Gasteiger partial charge is 0.202 e. The molecule has 0 spiro atoms. The summed E-state index contributed by atoms with van der Waals surface area (Å²) in [6.45, 7) is 7.24. The number of hydrogen-bond donors (Lipinski definition) is 1. The molecule has 3 fully saturated rings. The summed E-state index contributed by atoms with van der Waals surface area (Å²) in [6, 6.07) is 0.390. The van der Waals surface area contributed by atoms with Gasteiger partial charge < -0.3 is 10.1 Å². The van der Waals surface area contributed by atoms with Gasteiger partial charge in [-0.2, -0.15) is 4.37 Å². The zero-order chi connectivity index (χ0) is 12.4. The SMILES string of the molecule is COCCNc1nc(C2CN3CCN2CC3)ns1. The monoisotopic (exact) mass is 269 g/mol. The summed E-state index contributed by atoms with van der Waals surface area (Å²) in [4.78, 5) is 9.60. The third kappa shape index (κ3) is 2.49. The fourth-order valence-corrected chi connectivity index (χ4v) is 3.21. The Bertz CT molecular complexity index is 391. The van der Waals surface area contributed by atoms with Gasteiger partial charge in [0, 0.05) is 57.9 Å². The van der Waals surface area contributed by atoms with Gasteiger partial charge in [-0.15, -0.1) is 0 Å². The number of fused-ring (bicyclic) bond motifs is 3. The number of aromatic nitrogens is 2. The third-order valence-corrected chi connectivity index (χ3v) is 4.29. The molecule has 0 saturated carbocycles. The number of anilines is 1. The molecule has 3 aliphatic rings. The van der Waals surface area contributed by atoms with Crippen LogP contribution in [0, 0.1) is 0 Å². The lowest BCUT2D eigenvalue weighted by atomic mass is 10.1. The largest absolute Gasteiger partial charge is 0.383 e. The molecule has 0 aliphatic carbocycles. The Morgan fingerprint density at radius 1 is 1.39 bits per heavy atom. The van der Waals surface area contributed by atoms with Gasteiger partial charge in [-0.3, -0.25) is 9.80 Å². The van der Waals surface area contributed by atoms with Crippen LogP contribution >= 0.6 is 11.5 Å². The Morgan fingerprint density at radius 2 is 2.22 bits per heavy atom. The predicted octanol–water partition coefficient (Wildman–Crippen LogP) is 0.269. The number of hydrogen-bond acceptors (Lipinski definition) is 7. The Morgan fingerprint density at radius 3 is 2.89 bits per heavy atom. The van der Waals surface area contributed by atoms with E-state index in [0.717, 1.165) is 37.1 Å². The number of methoxy groups -OCH3 is 1. The Labute approximate surface area is 111 Å². The molecule has 4 rings (SSSR count). The van der Waals surface area contributed by atoms with Crippen LogP contribution in [0.4, 0.5) is 5.13 Å². The molecule has 1 atom stereocenters. The highest BCUT2D eigenvalue weighted by atomic mass is 32.1. The Kier molecular flexibility index (Phi) is 3.74. The van der Waals surface area contributed by atoms with Crippen LogP contribution < -0.4 is 5.32 Å². The predicted molar refractivity (Wildman–Crippen MR) is 71.0 cm³/mol. The number of rotatable bonds is 5. The average molecular weight is 269 g/mol. The lowest BCUT2D eigenvalue weighted by Crippen LogP contribution is -2.57. The second-order valence-corrected chi connectivity index (χ2v) is 5.48. The second kappa shape index (κ2) is 5.48. The molecule has 6 nitrogen and oxygen atoms in total. The van der Waals surface area contributed by atoms with Gasteiger partial charge in [-0.1, -0.05) is 0 Å². The fourth-order valence-electron chi connectivity index (χ4n) is 2.56. The zero-order valence-corrected chi connectivity index (χ0v) is 11.4. The summed E-state index contributed by atoms with van der Waals surface area (Å²) < 4.78 is 9.50. The van der Waals surface area contributed by atoms with Crippen molar-refractivity contribution in [2.75, 3.05) is 58.3 Å². The van der Waals surface area contributed by atoms with E-state index in [9.17, 15) is 0 Å². The van der Waals surface area contributed by atoms with Crippen LogP contribution in [-0.4, -0.2) is 72.1 Å². The van der Waals surface area contributed by atoms with Gasteiger partial charge in [0.2, 0.25) is 5.13 Å². The summed E-state index contributed by atoms with van der Waals surface area (Å²) in [6.07, 6.45) is 0. The van der Waals surface area contributed by atoms with Crippen molar-refractivity contribution in [1.29, 1.82) is 0 Å². The highest BCUT2D eigenvalue weighted by Gasteiger charge is 2.34. The van der Waals surface area contributed by atoms with Crippen molar-refractivity contribution in [3.8, 4) is 0 Å². The van der Waals surface area contributed by atoms with Crippen molar-refractivity contribution in [3.63, 3.8) is 0 Å². The fraction of sp³-hybridized carbons (Fsp3) is 0.818. The van der Waals surface area contributed by atoms with Crippen LogP contribution in [0.2, 0.25) is 0 Å². The molecule has 3 saturated heterocycles. The van der Waals surface area contributed by atoms with Crippen molar-refractivity contribution in [2.45, 2.75) is 6.04 Å². The van der Waals surface area contributed by atoms with Crippen molar-refractivity contribution < 1.29 is 4.74 Å². The minimum atomic E-state index is 0.390. The first-order chi connectivity index (χ1) is 8.86. The van der Waals surface area contributed by atoms with Gasteiger partial charge in [-0.05, 0) is 0 Å². The van der Waals surface area contributed by atoms with Crippen LogP contribution in [0.3, 0.4) is 0 Å². The maximum absolute atomic E-state index is 5.01. The van der Waals surface area contributed by atoms with E-state index in [1.54, 1.807) is 7.11 Å². The maximum Gasteiger partial charge on any atom is 0.202 e. The lowest BCUT2D eigenvalue weighted by molar-refractivity contribution is 0.00918. The van der Waals surface area contributed by atoms with Crippen LogP contribution in [0.5, 0.6) is 0 Å². The lowest BCUT2D eigenvalue weighted by Gasteiger charge is -2.46. The van der Waals surface area contributed by atoms with Crippen LogP contribution in [0.1, 0.15) is 11.9 Å². The molecular weight excluding hydrogens is 250 g/mol. The topological polar surface area (TPSA) is 53.5 Å². The first-order valence-corrected chi connectivity index (χ1v) is 7.17. The maximum atomic E-state index is 5.01. The van der Waals surface area contributed by atoms with E-state index in [0.29, 0.717) is 12.6 Å². The zero-order valence-electron chi connectivity index (χ0n) is 10.6. The van der Waals surface area contributed by atoms with E-state index in [2.05, 4.69) is 24.5 Å². The van der Waals surface area contributed by atoms with Gasteiger partial charge in [0.25, 0.3) is 0 Å². The number of nitrogens with one attached hydrogen (secondary N) is 1. The highest BCUT2D eigenvalue weighted by Crippen LogP contribution is 2.28. The second-order valence-electron chi connectivity index (χ2n) is 4.73. The van der Waals surface area contributed by atoms with E-state index in [-0.39, 0.29) is 0 Å². The van der Waals surface area contributed by atoms with Crippen molar-refractivity contribution in [3.05, 3.63) is 5.82 Å². The van der Waals surface area contributed by atoms with E-state index >= 15 is 0 Å². The molecular formula is C11H19N5OS. The molecule has 3 aliphatic heterocycles. The quantitative estimate of drug-likeness (QED) is 0.774. The van der Waals surface area contributed by atoms with Crippen molar-refractivity contribution >= 4 is 16.7 Å². The first kappa shape index (κ1) is 12.3. The minimum Gasteiger partial charge on any atom is -0.383 e. The average Bonchev–Trinajstić information content (AvgIpc) is 2.89. The molecule has 4 heterocycles. The van der Waals surface area contributed by atoms with Gasteiger partial charge in [0.15, 0.2) is 5.82 Å². The highest BCUT2D eigenvalue weighted by molar-refractivity contribution is 7.09. The van der Waals surface area contributed by atoms with Crippen molar-refractivity contribution in [2.24, 2.45) is 0 Å². The molecule has 1 unspecified atom stereocenters. The number of ether oxygens (including phenoxy) is 1. The molecule has 1 N–H and O–H groups in total. The van der Waals surface area contributed by atoms with Gasteiger partial charge in [-0.25, -0.2) is 4.98 Å². The molecule has 0 amide bonds. The van der Waals surface area contributed by atoms with Crippen LogP contribution in [0.15, 0.2) is 0 Å². The van der Waals surface area contributed by atoms with E-state index in [1.165, 1.54) is 24.6 Å². The van der Waals surface area contributed by atoms with Crippen LogP contribution in [-0.2, 0) is 4.74 Å². The van der Waals surface area contributed by atoms with E-state index in [4.69, 9.17) is 4.74 Å². The molecule has 18 heavy (non-hydrogen) atoms. The number of piperazine rings is 3. The van der Waals surface area contributed by atoms with Gasteiger partial charge >= 0.3 is 0 Å². The Balaban J connectivity index is 1.62. The van der Waals surface area contributed by atoms with Crippen molar-refractivity contribution in [1.82, 2.24) is 19.2 Å². The molecule has 2 bridgehead atoms. The van der Waals surface area contributed by atoms with Crippen LogP contribution in [0.25, 0.3) is 0 Å². The van der Waals surface area contributed by atoms with E-state index in [1.807, 2.05) is 0 Å². The third-order valence-electron chi connectivity index (χ3n) is 3.60. The Hall–Kier alpha value is -0.760. The standard InChI is InChI=1S/C11H19N5OS/c1-17-7-2-12-11-13-10(14-18-11)9-8-15-3-5-16(9)6-4-15/h9H,2-8H2,1H3,(H,12,13,14). The van der Waals surface area contributed by atoms with E-state index < -0.39 is 0 Å². The molecule has 1 aromatic heterocycles. The first-order valence-electron chi connectivity index (χ1n) is 6.39. The summed E-state index contributed by atoms with van der Waals surface area (Å²) in [5.74, 6) is 0.976. The molecule has 1 aromatic rings. The summed E-state index contributed by atoms with van der Waals surface area (Å²) in [5, 5.41) is 4.14. The molecule has 0 aromatic carbocycles. The van der Waals surface area contributed by atoms with Gasteiger partial charge in [0.05, 0.1) is 12.6 Å². The summed E-state index contributed by atoms with van der Waals surface area (Å²) >= 11 is 1.45. The molecule has 7 heteroatoms. The minimum absolute atomic E-state index is 0.390.